The lowest BCUT2D eigenvalue weighted by molar-refractivity contribution is -0.144. The van der Waals surface area contributed by atoms with Crippen LogP contribution in [0, 0.1) is 18.3 Å². The first-order chi connectivity index (χ1) is 8.50. The van der Waals surface area contributed by atoms with Gasteiger partial charge in [-0.3, -0.25) is 0 Å². The summed E-state index contributed by atoms with van der Waals surface area (Å²) in [4.78, 5) is 22.8. The zero-order valence-corrected chi connectivity index (χ0v) is 11.2. The van der Waals surface area contributed by atoms with Crippen LogP contribution in [0.25, 0.3) is 0 Å². The first-order valence-electron chi connectivity index (χ1n) is 5.81. The smallest absolute Gasteiger partial charge is 0.329 e. The molecule has 100 valence electrons. The number of carbonyl (C=O) groups excluding carboxylic acids is 1. The molecule has 1 aliphatic rings. The molecule has 1 atom stereocenters. The molecule has 3 N–H and O–H groups in total. The fraction of sp³-hybridized carbons (Fsp3) is 0.667. The summed E-state index contributed by atoms with van der Waals surface area (Å²) in [6.07, 6.45) is 6.79. The van der Waals surface area contributed by atoms with Crippen molar-refractivity contribution in [3.8, 4) is 12.3 Å². The average molecular weight is 270 g/mol. The van der Waals surface area contributed by atoms with E-state index in [2.05, 4.69) is 16.6 Å². The van der Waals surface area contributed by atoms with Crippen molar-refractivity contribution in [3.05, 3.63) is 0 Å². The van der Waals surface area contributed by atoms with Gasteiger partial charge in [-0.1, -0.05) is 5.92 Å². The standard InChI is InChI=1S/C12H18N2O3S/c1-3-7-18-8-6-13-11(17)14-12(2,10(15)16)9-4-5-9/h1,9H,4-8H2,2H3,(H,15,16)(H2,13,14,17). The number of aliphatic carboxylic acids is 1. The molecule has 2 amide bonds. The fourth-order valence-electron chi connectivity index (χ4n) is 1.64. The molecule has 0 spiro atoms. The van der Waals surface area contributed by atoms with Crippen molar-refractivity contribution in [2.75, 3.05) is 18.1 Å². The van der Waals surface area contributed by atoms with Gasteiger partial charge in [0.1, 0.15) is 5.54 Å². The summed E-state index contributed by atoms with van der Waals surface area (Å²) >= 11 is 1.54. The van der Waals surface area contributed by atoms with E-state index in [0.717, 1.165) is 12.8 Å². The lowest BCUT2D eigenvalue weighted by Gasteiger charge is -2.26. The Kier molecular flexibility index (Phi) is 5.35. The van der Waals surface area contributed by atoms with Crippen LogP contribution >= 0.6 is 11.8 Å². The van der Waals surface area contributed by atoms with E-state index in [0.29, 0.717) is 18.1 Å². The van der Waals surface area contributed by atoms with E-state index < -0.39 is 17.5 Å². The van der Waals surface area contributed by atoms with E-state index in [1.165, 1.54) is 0 Å². The zero-order valence-electron chi connectivity index (χ0n) is 10.4. The number of thioether (sulfide) groups is 1. The normalized spacial score (nSPS) is 17.3. The summed E-state index contributed by atoms with van der Waals surface area (Å²) in [6.45, 7) is 2.03. The third kappa shape index (κ3) is 4.15. The van der Waals surface area contributed by atoms with Crippen LogP contribution in [0.1, 0.15) is 19.8 Å². The topological polar surface area (TPSA) is 78.4 Å². The number of amides is 2. The largest absolute Gasteiger partial charge is 0.480 e. The highest BCUT2D eigenvalue weighted by Crippen LogP contribution is 2.39. The molecule has 18 heavy (non-hydrogen) atoms. The second kappa shape index (κ2) is 6.55. The quantitative estimate of drug-likeness (QED) is 0.474. The number of terminal acetylenes is 1. The van der Waals surface area contributed by atoms with Crippen molar-refractivity contribution in [1.29, 1.82) is 0 Å². The Hall–Kier alpha value is -1.35. The highest BCUT2D eigenvalue weighted by Gasteiger charge is 2.48. The first-order valence-corrected chi connectivity index (χ1v) is 6.96. The van der Waals surface area contributed by atoms with Gasteiger partial charge >= 0.3 is 12.0 Å². The molecular formula is C12H18N2O3S. The number of carboxylic acid groups (broad SMARTS) is 1. The van der Waals surface area contributed by atoms with Gasteiger partial charge in [0.15, 0.2) is 0 Å². The second-order valence-corrected chi connectivity index (χ2v) is 5.52. The Bertz CT molecular complexity index is 363. The number of carboxylic acids is 1. The van der Waals surface area contributed by atoms with Gasteiger partial charge in [0, 0.05) is 12.3 Å². The van der Waals surface area contributed by atoms with Gasteiger partial charge in [0.2, 0.25) is 0 Å². The number of nitrogens with one attached hydrogen (secondary N) is 2. The predicted molar refractivity (Wildman–Crippen MR) is 71.5 cm³/mol. The van der Waals surface area contributed by atoms with E-state index in [1.807, 2.05) is 0 Å². The summed E-state index contributed by atoms with van der Waals surface area (Å²) in [5, 5.41) is 14.3. The van der Waals surface area contributed by atoms with Crippen LogP contribution in [0.3, 0.4) is 0 Å². The van der Waals surface area contributed by atoms with Crippen molar-refractivity contribution in [3.63, 3.8) is 0 Å². The minimum Gasteiger partial charge on any atom is -0.480 e. The Morgan fingerprint density at radius 2 is 2.22 bits per heavy atom. The molecule has 0 radical (unpaired) electrons. The summed E-state index contributed by atoms with van der Waals surface area (Å²) in [6, 6.07) is -0.437. The van der Waals surface area contributed by atoms with Crippen molar-refractivity contribution >= 4 is 23.8 Å². The lowest BCUT2D eigenvalue weighted by atomic mass is 9.96. The van der Waals surface area contributed by atoms with Crippen molar-refractivity contribution < 1.29 is 14.7 Å². The number of carbonyl (C=O) groups is 2. The van der Waals surface area contributed by atoms with E-state index in [4.69, 9.17) is 11.5 Å². The summed E-state index contributed by atoms with van der Waals surface area (Å²) < 4.78 is 0. The van der Waals surface area contributed by atoms with Crippen molar-refractivity contribution in [2.45, 2.75) is 25.3 Å². The molecule has 1 unspecified atom stereocenters. The van der Waals surface area contributed by atoms with E-state index in [9.17, 15) is 9.59 Å². The van der Waals surface area contributed by atoms with E-state index in [-0.39, 0.29) is 5.92 Å². The third-order valence-electron chi connectivity index (χ3n) is 2.93. The van der Waals surface area contributed by atoms with Gasteiger partial charge in [0.25, 0.3) is 0 Å². The maximum Gasteiger partial charge on any atom is 0.329 e. The summed E-state index contributed by atoms with van der Waals surface area (Å²) in [7, 11) is 0. The van der Waals surface area contributed by atoms with Gasteiger partial charge in [0.05, 0.1) is 5.75 Å². The molecule has 0 heterocycles. The fourth-order valence-corrected chi connectivity index (χ4v) is 2.15. The minimum absolute atomic E-state index is 0.0385. The Morgan fingerprint density at radius 1 is 1.56 bits per heavy atom. The molecule has 0 saturated heterocycles. The molecular weight excluding hydrogens is 252 g/mol. The molecule has 0 aliphatic heterocycles. The second-order valence-electron chi connectivity index (χ2n) is 4.42. The number of hydrogen-bond donors (Lipinski definition) is 3. The number of rotatable bonds is 7. The van der Waals surface area contributed by atoms with Crippen LogP contribution in [0.4, 0.5) is 4.79 Å². The Labute approximate surface area is 111 Å². The van der Waals surface area contributed by atoms with Crippen LogP contribution < -0.4 is 10.6 Å². The number of urea groups is 1. The molecule has 1 saturated carbocycles. The van der Waals surface area contributed by atoms with E-state index in [1.54, 1.807) is 18.7 Å². The molecule has 5 nitrogen and oxygen atoms in total. The number of hydrogen-bond acceptors (Lipinski definition) is 3. The minimum atomic E-state index is -1.16. The molecule has 1 rings (SSSR count). The highest BCUT2D eigenvalue weighted by molar-refractivity contribution is 7.99. The monoisotopic (exact) mass is 270 g/mol. The van der Waals surface area contributed by atoms with Crippen LogP contribution in [-0.4, -0.2) is 40.7 Å². The Morgan fingerprint density at radius 3 is 2.72 bits per heavy atom. The molecule has 0 aromatic carbocycles. The van der Waals surface area contributed by atoms with Crippen LogP contribution in [0.2, 0.25) is 0 Å². The summed E-state index contributed by atoms with van der Waals surface area (Å²) in [5.74, 6) is 2.87. The maximum absolute atomic E-state index is 11.6. The molecule has 0 bridgehead atoms. The lowest BCUT2D eigenvalue weighted by Crippen LogP contribution is -2.56. The molecule has 0 aromatic rings. The molecule has 6 heteroatoms. The molecule has 1 aliphatic carbocycles. The molecule has 1 fully saturated rings. The third-order valence-corrected chi connectivity index (χ3v) is 3.79. The average Bonchev–Trinajstić information content (AvgIpc) is 3.12. The van der Waals surface area contributed by atoms with Crippen LogP contribution in [0.15, 0.2) is 0 Å². The van der Waals surface area contributed by atoms with Gasteiger partial charge in [-0.2, -0.15) is 0 Å². The first kappa shape index (κ1) is 14.7. The van der Waals surface area contributed by atoms with E-state index >= 15 is 0 Å². The zero-order chi connectivity index (χ0) is 13.6. The highest BCUT2D eigenvalue weighted by atomic mass is 32.2. The van der Waals surface area contributed by atoms with Crippen LogP contribution in [-0.2, 0) is 4.79 Å². The SMILES string of the molecule is C#CCSCCNC(=O)NC(C)(C(=O)O)C1CC1. The van der Waals surface area contributed by atoms with Crippen LogP contribution in [0.5, 0.6) is 0 Å². The van der Waals surface area contributed by atoms with Crippen molar-refractivity contribution in [1.82, 2.24) is 10.6 Å². The molecule has 0 aromatic heterocycles. The van der Waals surface area contributed by atoms with Gasteiger partial charge in [-0.05, 0) is 25.7 Å². The van der Waals surface area contributed by atoms with Crippen molar-refractivity contribution in [2.24, 2.45) is 5.92 Å². The van der Waals surface area contributed by atoms with Gasteiger partial charge in [-0.25, -0.2) is 9.59 Å². The van der Waals surface area contributed by atoms with Gasteiger partial charge < -0.3 is 15.7 Å². The van der Waals surface area contributed by atoms with Gasteiger partial charge in [-0.15, -0.1) is 18.2 Å². The summed E-state index contributed by atoms with van der Waals surface area (Å²) in [5.41, 5.74) is -1.16. The predicted octanol–water partition coefficient (Wildman–Crippen LogP) is 0.905. The Balaban J connectivity index is 2.30. The maximum atomic E-state index is 11.6.